The van der Waals surface area contributed by atoms with Gasteiger partial charge in [-0.05, 0) is 31.2 Å². The summed E-state index contributed by atoms with van der Waals surface area (Å²) in [7, 11) is 0. The molecule has 2 amide bonds. The van der Waals surface area contributed by atoms with E-state index in [4.69, 9.17) is 11.6 Å². The highest BCUT2D eigenvalue weighted by Crippen LogP contribution is 2.14. The molecule has 0 spiro atoms. The fourth-order valence-corrected chi connectivity index (χ4v) is 1.82. The summed E-state index contributed by atoms with van der Waals surface area (Å²) in [5, 5.41) is 0.328. The van der Waals surface area contributed by atoms with Crippen LogP contribution in [0.3, 0.4) is 0 Å². The first-order chi connectivity index (χ1) is 9.58. The van der Waals surface area contributed by atoms with Crippen LogP contribution in [0.2, 0.25) is 5.02 Å². The van der Waals surface area contributed by atoms with E-state index in [0.29, 0.717) is 16.1 Å². The number of hydrogen-bond donors (Lipinski definition) is 2. The molecule has 0 heterocycles. The van der Waals surface area contributed by atoms with Crippen LogP contribution >= 0.6 is 11.6 Å². The minimum absolute atomic E-state index is 0.304. The summed E-state index contributed by atoms with van der Waals surface area (Å²) >= 11 is 5.90. The van der Waals surface area contributed by atoms with Crippen LogP contribution in [0.1, 0.15) is 26.3 Å². The van der Waals surface area contributed by atoms with Crippen LogP contribution in [0.15, 0.2) is 48.5 Å². The zero-order valence-electron chi connectivity index (χ0n) is 10.8. The Kier molecular flexibility index (Phi) is 4.38. The van der Waals surface area contributed by atoms with Crippen LogP contribution in [0.4, 0.5) is 0 Å². The average Bonchev–Trinajstić information content (AvgIpc) is 2.45. The Bertz CT molecular complexity index is 639. The first-order valence-electron chi connectivity index (χ1n) is 6.00. The van der Waals surface area contributed by atoms with Gasteiger partial charge in [0.15, 0.2) is 0 Å². The summed E-state index contributed by atoms with van der Waals surface area (Å²) in [5.41, 5.74) is 6.51. The van der Waals surface area contributed by atoms with Crippen molar-refractivity contribution in [3.8, 4) is 0 Å². The standard InChI is InChI=1S/C15H13ClN2O2/c1-10-6-8-11(9-7-10)14(19)17-18-15(20)12-4-2-3-5-13(12)16/h2-9H,1H3,(H,17,19)(H,18,20). The third kappa shape index (κ3) is 3.36. The van der Waals surface area contributed by atoms with E-state index >= 15 is 0 Å². The molecular formula is C15H13ClN2O2. The Hall–Kier alpha value is -2.33. The van der Waals surface area contributed by atoms with Crippen molar-refractivity contribution < 1.29 is 9.59 Å². The van der Waals surface area contributed by atoms with Gasteiger partial charge in [0.1, 0.15) is 0 Å². The largest absolute Gasteiger partial charge is 0.271 e. The molecule has 20 heavy (non-hydrogen) atoms. The first-order valence-corrected chi connectivity index (χ1v) is 6.37. The maximum atomic E-state index is 11.8. The van der Waals surface area contributed by atoms with Gasteiger partial charge in [-0.1, -0.05) is 41.4 Å². The van der Waals surface area contributed by atoms with Gasteiger partial charge >= 0.3 is 0 Å². The molecule has 5 heteroatoms. The highest BCUT2D eigenvalue weighted by molar-refractivity contribution is 6.33. The van der Waals surface area contributed by atoms with Crippen LogP contribution in [0.5, 0.6) is 0 Å². The molecule has 0 aliphatic rings. The van der Waals surface area contributed by atoms with E-state index in [1.165, 1.54) is 0 Å². The lowest BCUT2D eigenvalue weighted by molar-refractivity contribution is 0.0846. The van der Waals surface area contributed by atoms with Gasteiger partial charge < -0.3 is 0 Å². The molecule has 0 saturated carbocycles. The quantitative estimate of drug-likeness (QED) is 0.835. The smallest absolute Gasteiger partial charge is 0.267 e. The number of amides is 2. The topological polar surface area (TPSA) is 58.2 Å². The molecule has 0 unspecified atom stereocenters. The number of nitrogens with one attached hydrogen (secondary N) is 2. The van der Waals surface area contributed by atoms with E-state index in [1.807, 2.05) is 19.1 Å². The number of carbonyl (C=O) groups excluding carboxylic acids is 2. The van der Waals surface area contributed by atoms with Crippen molar-refractivity contribution in [2.45, 2.75) is 6.92 Å². The van der Waals surface area contributed by atoms with E-state index in [1.54, 1.807) is 36.4 Å². The normalized spacial score (nSPS) is 9.90. The van der Waals surface area contributed by atoms with Gasteiger partial charge in [-0.25, -0.2) is 0 Å². The summed E-state index contributed by atoms with van der Waals surface area (Å²) in [6.45, 7) is 1.93. The molecule has 0 bridgehead atoms. The number of halogens is 1. The molecule has 2 aromatic rings. The summed E-state index contributed by atoms with van der Waals surface area (Å²) in [6.07, 6.45) is 0. The van der Waals surface area contributed by atoms with E-state index < -0.39 is 5.91 Å². The zero-order chi connectivity index (χ0) is 14.5. The molecule has 4 nitrogen and oxygen atoms in total. The van der Waals surface area contributed by atoms with Crippen LogP contribution in [-0.2, 0) is 0 Å². The Morgan fingerprint density at radius 1 is 0.900 bits per heavy atom. The molecule has 0 aliphatic heterocycles. The predicted molar refractivity (Wildman–Crippen MR) is 77.6 cm³/mol. The molecule has 0 fully saturated rings. The van der Waals surface area contributed by atoms with Crippen LogP contribution in [0, 0.1) is 6.92 Å². The molecule has 0 radical (unpaired) electrons. The average molecular weight is 289 g/mol. The van der Waals surface area contributed by atoms with Crippen LogP contribution < -0.4 is 10.9 Å². The van der Waals surface area contributed by atoms with Gasteiger partial charge in [0.25, 0.3) is 11.8 Å². The molecule has 0 aliphatic carbocycles. The Labute approximate surface area is 121 Å². The van der Waals surface area contributed by atoms with Gasteiger partial charge in [0.05, 0.1) is 10.6 Å². The molecule has 2 rings (SSSR count). The van der Waals surface area contributed by atoms with Gasteiger partial charge in [0, 0.05) is 5.56 Å². The number of carbonyl (C=O) groups is 2. The Morgan fingerprint density at radius 2 is 1.50 bits per heavy atom. The van der Waals surface area contributed by atoms with Crippen molar-refractivity contribution in [1.29, 1.82) is 0 Å². The number of rotatable bonds is 2. The second-order valence-corrected chi connectivity index (χ2v) is 4.66. The molecule has 0 atom stereocenters. The van der Waals surface area contributed by atoms with Crippen molar-refractivity contribution in [1.82, 2.24) is 10.9 Å². The van der Waals surface area contributed by atoms with Crippen molar-refractivity contribution in [3.05, 3.63) is 70.2 Å². The molecule has 0 aromatic heterocycles. The third-order valence-corrected chi connectivity index (χ3v) is 3.05. The zero-order valence-corrected chi connectivity index (χ0v) is 11.6. The number of benzene rings is 2. The van der Waals surface area contributed by atoms with Gasteiger partial charge in [-0.15, -0.1) is 0 Å². The van der Waals surface area contributed by atoms with Crippen LogP contribution in [0.25, 0.3) is 0 Å². The molecule has 102 valence electrons. The lowest BCUT2D eigenvalue weighted by atomic mass is 10.1. The monoisotopic (exact) mass is 288 g/mol. The minimum atomic E-state index is -0.462. The number of hydrogen-bond acceptors (Lipinski definition) is 2. The second kappa shape index (κ2) is 6.21. The second-order valence-electron chi connectivity index (χ2n) is 4.25. The van der Waals surface area contributed by atoms with E-state index in [-0.39, 0.29) is 5.91 Å². The maximum Gasteiger partial charge on any atom is 0.271 e. The minimum Gasteiger partial charge on any atom is -0.267 e. The lowest BCUT2D eigenvalue weighted by Crippen LogP contribution is -2.41. The highest BCUT2D eigenvalue weighted by atomic mass is 35.5. The Morgan fingerprint density at radius 3 is 2.15 bits per heavy atom. The predicted octanol–water partition coefficient (Wildman–Crippen LogP) is 2.72. The number of aryl methyl sites for hydroxylation is 1. The van der Waals surface area contributed by atoms with E-state index in [0.717, 1.165) is 5.56 Å². The maximum absolute atomic E-state index is 11.8. The summed E-state index contributed by atoms with van der Waals surface area (Å²) < 4.78 is 0. The third-order valence-electron chi connectivity index (χ3n) is 2.72. The van der Waals surface area contributed by atoms with Crippen molar-refractivity contribution in [2.24, 2.45) is 0 Å². The number of hydrazine groups is 1. The fraction of sp³-hybridized carbons (Fsp3) is 0.0667. The Balaban J connectivity index is 1.99. The van der Waals surface area contributed by atoms with E-state index in [9.17, 15) is 9.59 Å². The van der Waals surface area contributed by atoms with Crippen molar-refractivity contribution in [3.63, 3.8) is 0 Å². The van der Waals surface area contributed by atoms with Gasteiger partial charge in [0.2, 0.25) is 0 Å². The van der Waals surface area contributed by atoms with Crippen molar-refractivity contribution in [2.75, 3.05) is 0 Å². The summed E-state index contributed by atoms with van der Waals surface area (Å²) in [5.74, 6) is -0.846. The molecule has 2 N–H and O–H groups in total. The highest BCUT2D eigenvalue weighted by Gasteiger charge is 2.11. The molecule has 2 aromatic carbocycles. The lowest BCUT2D eigenvalue weighted by Gasteiger charge is -2.08. The summed E-state index contributed by atoms with van der Waals surface area (Å²) in [4.78, 5) is 23.7. The molecule has 0 saturated heterocycles. The van der Waals surface area contributed by atoms with E-state index in [2.05, 4.69) is 10.9 Å². The van der Waals surface area contributed by atoms with Gasteiger partial charge in [-0.3, -0.25) is 20.4 Å². The molecular weight excluding hydrogens is 276 g/mol. The fourth-order valence-electron chi connectivity index (χ4n) is 1.60. The van der Waals surface area contributed by atoms with Crippen LogP contribution in [-0.4, -0.2) is 11.8 Å². The van der Waals surface area contributed by atoms with Crippen molar-refractivity contribution >= 4 is 23.4 Å². The first kappa shape index (κ1) is 14.1. The SMILES string of the molecule is Cc1ccc(C(=O)NNC(=O)c2ccccc2Cl)cc1. The summed E-state index contributed by atoms with van der Waals surface area (Å²) in [6, 6.07) is 13.6. The van der Waals surface area contributed by atoms with Gasteiger partial charge in [-0.2, -0.15) is 0 Å².